The number of aromatic amines is 1. The van der Waals surface area contributed by atoms with Crippen molar-refractivity contribution in [2.45, 2.75) is 57.7 Å². The normalized spacial score (nSPS) is 18.4. The Morgan fingerprint density at radius 3 is 2.54 bits per heavy atom. The number of para-hydroxylation sites is 1. The largest absolute Gasteiger partial charge is 0.497 e. The van der Waals surface area contributed by atoms with Gasteiger partial charge in [-0.15, -0.1) is 5.10 Å². The second-order valence-corrected chi connectivity index (χ2v) is 10.9. The van der Waals surface area contributed by atoms with E-state index in [1.807, 2.05) is 54.1 Å². The van der Waals surface area contributed by atoms with Gasteiger partial charge in [-0.2, -0.15) is 0 Å². The summed E-state index contributed by atoms with van der Waals surface area (Å²) >= 11 is 0. The molecule has 2 aromatic heterocycles. The van der Waals surface area contributed by atoms with Crippen LogP contribution in [0.3, 0.4) is 0 Å². The molecule has 204 valence electrons. The average molecular weight is 528 g/mol. The fourth-order valence-corrected chi connectivity index (χ4v) is 6.33. The molecule has 1 saturated heterocycles. The molecule has 0 radical (unpaired) electrons. The molecule has 0 amide bonds. The van der Waals surface area contributed by atoms with E-state index >= 15 is 0 Å². The highest BCUT2D eigenvalue weighted by Gasteiger charge is 2.34. The summed E-state index contributed by atoms with van der Waals surface area (Å²) in [4.78, 5) is 21.8. The number of benzene rings is 2. The van der Waals surface area contributed by atoms with Crippen molar-refractivity contribution in [3.8, 4) is 5.75 Å². The van der Waals surface area contributed by atoms with E-state index in [0.29, 0.717) is 24.0 Å². The molecule has 9 nitrogen and oxygen atoms in total. The third-order valence-corrected chi connectivity index (χ3v) is 8.51. The first-order valence-corrected chi connectivity index (χ1v) is 14.1. The van der Waals surface area contributed by atoms with E-state index in [4.69, 9.17) is 4.74 Å². The molecule has 1 atom stereocenters. The van der Waals surface area contributed by atoms with E-state index in [2.05, 4.69) is 36.4 Å². The molecule has 2 fully saturated rings. The fourth-order valence-electron chi connectivity index (χ4n) is 6.33. The van der Waals surface area contributed by atoms with Crippen molar-refractivity contribution in [1.82, 2.24) is 35.0 Å². The summed E-state index contributed by atoms with van der Waals surface area (Å²) < 4.78 is 7.15. The number of nitrogens with one attached hydrogen (secondary N) is 1. The second-order valence-electron chi connectivity index (χ2n) is 10.9. The number of aryl methyl sites for hydroxylation is 1. The van der Waals surface area contributed by atoms with Crippen molar-refractivity contribution in [1.29, 1.82) is 0 Å². The van der Waals surface area contributed by atoms with E-state index < -0.39 is 0 Å². The first-order valence-electron chi connectivity index (χ1n) is 14.1. The fraction of sp³-hybridized carbons (Fsp3) is 0.467. The van der Waals surface area contributed by atoms with Gasteiger partial charge in [-0.1, -0.05) is 49.6 Å². The Labute approximate surface area is 228 Å². The van der Waals surface area contributed by atoms with Crippen LogP contribution in [-0.2, 0) is 6.54 Å². The van der Waals surface area contributed by atoms with Gasteiger partial charge in [0.2, 0.25) is 0 Å². The lowest BCUT2D eigenvalue weighted by Crippen LogP contribution is -2.52. The molecule has 2 aliphatic rings. The van der Waals surface area contributed by atoms with Crippen LogP contribution in [-0.4, -0.2) is 74.3 Å². The summed E-state index contributed by atoms with van der Waals surface area (Å²) in [6.45, 7) is 6.24. The molecule has 0 spiro atoms. The summed E-state index contributed by atoms with van der Waals surface area (Å²) in [5.41, 5.74) is 3.59. The summed E-state index contributed by atoms with van der Waals surface area (Å²) in [5.74, 6) is 1.50. The highest BCUT2D eigenvalue weighted by Crippen LogP contribution is 2.30. The summed E-state index contributed by atoms with van der Waals surface area (Å²) in [6, 6.07) is 16.4. The molecule has 1 saturated carbocycles. The Bertz CT molecular complexity index is 1460. The molecule has 6 rings (SSSR count). The SMILES string of the molecule is COc1ccc(Cn2nnnc2C(c2cc3cccc(C)c3[nH]c2=O)N2CCN(C3CCCCC3)CC2)cc1. The molecule has 9 heteroatoms. The van der Waals surface area contributed by atoms with E-state index in [1.54, 1.807) is 7.11 Å². The minimum Gasteiger partial charge on any atom is -0.497 e. The number of tetrazole rings is 1. The number of hydrogen-bond acceptors (Lipinski definition) is 7. The summed E-state index contributed by atoms with van der Waals surface area (Å²) in [6.07, 6.45) is 6.62. The average Bonchev–Trinajstić information content (AvgIpc) is 3.43. The standard InChI is InChI=1S/C30H37N7O2/c1-21-7-6-8-23-19-26(30(38)31-27(21)23)28(36-17-15-35(16-18-36)24-9-4-3-5-10-24)29-32-33-34-37(29)20-22-11-13-25(39-2)14-12-22/h6-8,11-14,19,24,28H,3-5,9-10,15-18,20H2,1-2H3,(H,31,38). The van der Waals surface area contributed by atoms with Crippen molar-refractivity contribution in [3.63, 3.8) is 0 Å². The number of piperazine rings is 1. The van der Waals surface area contributed by atoms with Crippen LogP contribution in [0.4, 0.5) is 0 Å². The molecule has 1 unspecified atom stereocenters. The molecular weight excluding hydrogens is 490 g/mol. The van der Waals surface area contributed by atoms with Crippen LogP contribution in [0.2, 0.25) is 0 Å². The third-order valence-electron chi connectivity index (χ3n) is 8.51. The van der Waals surface area contributed by atoms with Gasteiger partial charge in [-0.3, -0.25) is 14.6 Å². The van der Waals surface area contributed by atoms with Crippen LogP contribution in [0.25, 0.3) is 10.9 Å². The third kappa shape index (κ3) is 5.33. The van der Waals surface area contributed by atoms with Crippen LogP contribution < -0.4 is 10.3 Å². The van der Waals surface area contributed by atoms with Gasteiger partial charge < -0.3 is 9.72 Å². The van der Waals surface area contributed by atoms with Gasteiger partial charge in [0.25, 0.3) is 5.56 Å². The Morgan fingerprint density at radius 1 is 1.03 bits per heavy atom. The number of rotatable bonds is 7. The Hall–Kier alpha value is -3.56. The van der Waals surface area contributed by atoms with Crippen LogP contribution in [0, 0.1) is 6.92 Å². The maximum Gasteiger partial charge on any atom is 0.253 e. The number of methoxy groups -OCH3 is 1. The van der Waals surface area contributed by atoms with Crippen molar-refractivity contribution >= 4 is 10.9 Å². The van der Waals surface area contributed by atoms with Gasteiger partial charge in [0.05, 0.1) is 19.2 Å². The number of pyridine rings is 1. The summed E-state index contributed by atoms with van der Waals surface area (Å²) in [7, 11) is 1.66. The van der Waals surface area contributed by atoms with Gasteiger partial charge in [0.15, 0.2) is 5.82 Å². The van der Waals surface area contributed by atoms with E-state index in [-0.39, 0.29) is 11.6 Å². The number of ether oxygens (including phenoxy) is 1. The van der Waals surface area contributed by atoms with Crippen molar-refractivity contribution in [3.05, 3.63) is 81.4 Å². The molecule has 1 N–H and O–H groups in total. The van der Waals surface area contributed by atoms with Crippen LogP contribution in [0.15, 0.2) is 53.3 Å². The zero-order valence-electron chi connectivity index (χ0n) is 22.8. The first kappa shape index (κ1) is 25.7. The van der Waals surface area contributed by atoms with Gasteiger partial charge >= 0.3 is 0 Å². The highest BCUT2D eigenvalue weighted by atomic mass is 16.5. The number of H-pyrrole nitrogens is 1. The first-order chi connectivity index (χ1) is 19.1. The summed E-state index contributed by atoms with van der Waals surface area (Å²) in [5, 5.41) is 14.0. The second kappa shape index (κ2) is 11.3. The van der Waals surface area contributed by atoms with Crippen molar-refractivity contribution < 1.29 is 4.74 Å². The molecule has 3 heterocycles. The van der Waals surface area contributed by atoms with E-state index in [9.17, 15) is 4.79 Å². The molecule has 1 aliphatic heterocycles. The minimum absolute atomic E-state index is 0.0875. The van der Waals surface area contributed by atoms with E-state index in [1.165, 1.54) is 32.1 Å². The maximum absolute atomic E-state index is 13.6. The molecule has 4 aromatic rings. The molecule has 39 heavy (non-hydrogen) atoms. The number of hydrogen-bond donors (Lipinski definition) is 1. The number of nitrogens with zero attached hydrogens (tertiary/aromatic N) is 6. The zero-order valence-corrected chi connectivity index (χ0v) is 22.8. The van der Waals surface area contributed by atoms with Crippen molar-refractivity contribution in [2.24, 2.45) is 0 Å². The predicted octanol–water partition coefficient (Wildman–Crippen LogP) is 3.92. The molecule has 1 aliphatic carbocycles. The topological polar surface area (TPSA) is 92.2 Å². The smallest absolute Gasteiger partial charge is 0.253 e. The number of aromatic nitrogens is 5. The Balaban J connectivity index is 1.35. The van der Waals surface area contributed by atoms with Crippen LogP contribution in [0.1, 0.15) is 60.7 Å². The zero-order chi connectivity index (χ0) is 26.8. The van der Waals surface area contributed by atoms with Gasteiger partial charge in [0.1, 0.15) is 11.8 Å². The molecule has 2 aromatic carbocycles. The Kier molecular flexibility index (Phi) is 7.43. The minimum atomic E-state index is -0.347. The highest BCUT2D eigenvalue weighted by molar-refractivity contribution is 5.82. The number of fused-ring (bicyclic) bond motifs is 1. The molecule has 0 bridgehead atoms. The van der Waals surface area contributed by atoms with E-state index in [0.717, 1.165) is 54.0 Å². The van der Waals surface area contributed by atoms with Crippen molar-refractivity contribution in [2.75, 3.05) is 33.3 Å². The van der Waals surface area contributed by atoms with Gasteiger partial charge in [0, 0.05) is 37.8 Å². The predicted molar refractivity (Wildman–Crippen MR) is 151 cm³/mol. The van der Waals surface area contributed by atoms with Crippen LogP contribution in [0.5, 0.6) is 5.75 Å². The quantitative estimate of drug-likeness (QED) is 0.389. The Morgan fingerprint density at radius 2 is 1.79 bits per heavy atom. The maximum atomic E-state index is 13.6. The molecular formula is C30H37N7O2. The van der Waals surface area contributed by atoms with Gasteiger partial charge in [-0.05, 0) is 64.9 Å². The monoisotopic (exact) mass is 527 g/mol. The lowest BCUT2D eigenvalue weighted by atomic mass is 9.93. The van der Waals surface area contributed by atoms with Gasteiger partial charge in [-0.25, -0.2) is 4.68 Å². The lowest BCUT2D eigenvalue weighted by Gasteiger charge is -2.43. The van der Waals surface area contributed by atoms with Crippen LogP contribution >= 0.6 is 0 Å². The lowest BCUT2D eigenvalue weighted by molar-refractivity contribution is 0.0618.